The van der Waals surface area contributed by atoms with E-state index in [0.717, 1.165) is 40.7 Å². The Morgan fingerprint density at radius 3 is 2.76 bits per heavy atom. The third-order valence-corrected chi connectivity index (χ3v) is 5.68. The molecule has 2 heterocycles. The molecule has 1 aliphatic rings. The molecule has 1 aliphatic heterocycles. The summed E-state index contributed by atoms with van der Waals surface area (Å²) in [4.78, 5) is 20.8. The standard InChI is InChI=1S/C24H27N3O2/c1-5-26(3)24(28)16(2)29-22-9-8-17-6-7-18(12-20(17)14-22)21-13-19-10-11-27(4)23(19)25-15-21/h6-9,12-16H,5,10-11H2,1-4H3. The molecule has 0 bridgehead atoms. The second-order valence-electron chi connectivity index (χ2n) is 7.71. The second kappa shape index (κ2) is 7.74. The van der Waals surface area contributed by atoms with Crippen LogP contribution >= 0.6 is 0 Å². The van der Waals surface area contributed by atoms with Crippen LogP contribution in [0.5, 0.6) is 5.75 Å². The van der Waals surface area contributed by atoms with Crippen molar-refractivity contribution in [1.82, 2.24) is 9.88 Å². The number of carbonyl (C=O) groups is 1. The van der Waals surface area contributed by atoms with Gasteiger partial charge < -0.3 is 14.5 Å². The minimum atomic E-state index is -0.515. The number of benzene rings is 2. The van der Waals surface area contributed by atoms with Crippen LogP contribution in [0.15, 0.2) is 48.7 Å². The van der Waals surface area contributed by atoms with Crippen molar-refractivity contribution in [3.63, 3.8) is 0 Å². The smallest absolute Gasteiger partial charge is 0.263 e. The summed E-state index contributed by atoms with van der Waals surface area (Å²) in [5.41, 5.74) is 3.56. The Morgan fingerprint density at radius 2 is 1.97 bits per heavy atom. The number of fused-ring (bicyclic) bond motifs is 2. The summed E-state index contributed by atoms with van der Waals surface area (Å²) in [5, 5.41) is 2.22. The van der Waals surface area contributed by atoms with Gasteiger partial charge in [-0.3, -0.25) is 4.79 Å². The molecule has 4 rings (SSSR count). The van der Waals surface area contributed by atoms with Crippen LogP contribution in [0.3, 0.4) is 0 Å². The van der Waals surface area contributed by atoms with E-state index in [9.17, 15) is 4.79 Å². The number of hydrogen-bond donors (Lipinski definition) is 0. The Bertz CT molecular complexity index is 1060. The van der Waals surface area contributed by atoms with Crippen LogP contribution < -0.4 is 9.64 Å². The van der Waals surface area contributed by atoms with Crippen LogP contribution in [0, 0.1) is 0 Å². The van der Waals surface area contributed by atoms with Gasteiger partial charge in [0.15, 0.2) is 6.10 Å². The Morgan fingerprint density at radius 1 is 1.17 bits per heavy atom. The summed E-state index contributed by atoms with van der Waals surface area (Å²) in [6, 6.07) is 14.6. The summed E-state index contributed by atoms with van der Waals surface area (Å²) in [5.74, 6) is 1.77. The van der Waals surface area contributed by atoms with Crippen molar-refractivity contribution < 1.29 is 9.53 Å². The molecule has 0 radical (unpaired) electrons. The van der Waals surface area contributed by atoms with Gasteiger partial charge in [0, 0.05) is 38.9 Å². The fourth-order valence-electron chi connectivity index (χ4n) is 3.78. The number of amides is 1. The zero-order chi connectivity index (χ0) is 20.5. The summed E-state index contributed by atoms with van der Waals surface area (Å²) < 4.78 is 5.92. The first kappa shape index (κ1) is 19.2. The lowest BCUT2D eigenvalue weighted by Crippen LogP contribution is -2.37. The molecule has 29 heavy (non-hydrogen) atoms. The normalized spacial score (nSPS) is 14.0. The minimum Gasteiger partial charge on any atom is -0.481 e. The number of hydrogen-bond acceptors (Lipinski definition) is 4. The van der Waals surface area contributed by atoms with Gasteiger partial charge in [-0.25, -0.2) is 4.98 Å². The summed E-state index contributed by atoms with van der Waals surface area (Å²) in [6.45, 7) is 5.43. The molecular formula is C24H27N3O2. The molecule has 5 heteroatoms. The van der Waals surface area contributed by atoms with E-state index in [4.69, 9.17) is 4.74 Å². The Labute approximate surface area is 171 Å². The number of anilines is 1. The highest BCUT2D eigenvalue weighted by molar-refractivity contribution is 5.89. The zero-order valence-corrected chi connectivity index (χ0v) is 17.5. The van der Waals surface area contributed by atoms with E-state index in [1.54, 1.807) is 18.9 Å². The lowest BCUT2D eigenvalue weighted by Gasteiger charge is -2.20. The van der Waals surface area contributed by atoms with E-state index < -0.39 is 6.10 Å². The first-order chi connectivity index (χ1) is 14.0. The van der Waals surface area contributed by atoms with Crippen molar-refractivity contribution in [2.45, 2.75) is 26.4 Å². The Kier molecular flexibility index (Phi) is 5.14. The van der Waals surface area contributed by atoms with Gasteiger partial charge in [-0.2, -0.15) is 0 Å². The summed E-state index contributed by atoms with van der Waals surface area (Å²) >= 11 is 0. The lowest BCUT2D eigenvalue weighted by molar-refractivity contribution is -0.136. The van der Waals surface area contributed by atoms with E-state index >= 15 is 0 Å². The van der Waals surface area contributed by atoms with E-state index in [1.807, 2.05) is 31.3 Å². The maximum absolute atomic E-state index is 12.3. The topological polar surface area (TPSA) is 45.7 Å². The first-order valence-corrected chi connectivity index (χ1v) is 10.1. The van der Waals surface area contributed by atoms with Crippen LogP contribution in [-0.2, 0) is 11.2 Å². The number of likely N-dealkylation sites (N-methyl/N-ethyl adjacent to an activating group) is 2. The third kappa shape index (κ3) is 3.77. The number of ether oxygens (including phenoxy) is 1. The minimum absolute atomic E-state index is 0.0180. The molecule has 1 amide bonds. The van der Waals surface area contributed by atoms with Crippen molar-refractivity contribution in [1.29, 1.82) is 0 Å². The highest BCUT2D eigenvalue weighted by Gasteiger charge is 2.19. The molecule has 5 nitrogen and oxygen atoms in total. The van der Waals surface area contributed by atoms with Gasteiger partial charge in [-0.15, -0.1) is 0 Å². The maximum Gasteiger partial charge on any atom is 0.263 e. The molecule has 0 saturated heterocycles. The number of aromatic nitrogens is 1. The molecule has 0 fully saturated rings. The SMILES string of the molecule is CCN(C)C(=O)C(C)Oc1ccc2ccc(-c3cnc4c(c3)CCN4C)cc2c1. The highest BCUT2D eigenvalue weighted by atomic mass is 16.5. The molecule has 3 aromatic rings. The predicted molar refractivity (Wildman–Crippen MR) is 118 cm³/mol. The van der Waals surface area contributed by atoms with Crippen molar-refractivity contribution in [3.05, 3.63) is 54.2 Å². The van der Waals surface area contributed by atoms with Crippen LogP contribution in [0.1, 0.15) is 19.4 Å². The number of pyridine rings is 1. The fourth-order valence-corrected chi connectivity index (χ4v) is 3.78. The molecule has 150 valence electrons. The van der Waals surface area contributed by atoms with Crippen molar-refractivity contribution >= 4 is 22.5 Å². The molecule has 1 aromatic heterocycles. The zero-order valence-electron chi connectivity index (χ0n) is 17.5. The lowest BCUT2D eigenvalue weighted by atomic mass is 10.0. The summed E-state index contributed by atoms with van der Waals surface area (Å²) in [7, 11) is 3.87. The van der Waals surface area contributed by atoms with E-state index in [1.165, 1.54) is 5.56 Å². The molecule has 0 aliphatic carbocycles. The van der Waals surface area contributed by atoms with Crippen molar-refractivity contribution in [3.8, 4) is 16.9 Å². The molecule has 1 atom stereocenters. The maximum atomic E-state index is 12.3. The van der Waals surface area contributed by atoms with Crippen LogP contribution in [-0.4, -0.2) is 49.1 Å². The molecule has 0 N–H and O–H groups in total. The van der Waals surface area contributed by atoms with Crippen LogP contribution in [0.25, 0.3) is 21.9 Å². The molecule has 1 unspecified atom stereocenters. The highest BCUT2D eigenvalue weighted by Crippen LogP contribution is 2.31. The average Bonchev–Trinajstić information content (AvgIpc) is 3.12. The van der Waals surface area contributed by atoms with Gasteiger partial charge in [-0.05, 0) is 66.4 Å². The number of rotatable bonds is 5. The molecule has 0 saturated carbocycles. The largest absolute Gasteiger partial charge is 0.481 e. The van der Waals surface area contributed by atoms with Crippen LogP contribution in [0.4, 0.5) is 5.82 Å². The van der Waals surface area contributed by atoms with Gasteiger partial charge in [0.05, 0.1) is 0 Å². The summed E-state index contributed by atoms with van der Waals surface area (Å²) in [6.07, 6.45) is 2.47. The fraction of sp³-hybridized carbons (Fsp3) is 0.333. The first-order valence-electron chi connectivity index (χ1n) is 10.1. The van der Waals surface area contributed by atoms with Gasteiger partial charge >= 0.3 is 0 Å². The Hall–Kier alpha value is -3.08. The monoisotopic (exact) mass is 389 g/mol. The van der Waals surface area contributed by atoms with Gasteiger partial charge in [0.25, 0.3) is 5.91 Å². The van der Waals surface area contributed by atoms with Crippen molar-refractivity contribution in [2.75, 3.05) is 32.1 Å². The van der Waals surface area contributed by atoms with Crippen molar-refractivity contribution in [2.24, 2.45) is 0 Å². The van der Waals surface area contributed by atoms with Crippen LogP contribution in [0.2, 0.25) is 0 Å². The van der Waals surface area contributed by atoms with E-state index in [-0.39, 0.29) is 5.91 Å². The Balaban J connectivity index is 1.61. The van der Waals surface area contributed by atoms with Gasteiger partial charge in [0.1, 0.15) is 11.6 Å². The quantitative estimate of drug-likeness (QED) is 0.658. The van der Waals surface area contributed by atoms with Gasteiger partial charge in [-0.1, -0.05) is 18.2 Å². The van der Waals surface area contributed by atoms with E-state index in [0.29, 0.717) is 12.3 Å². The molecular weight excluding hydrogens is 362 g/mol. The molecule has 0 spiro atoms. The second-order valence-corrected chi connectivity index (χ2v) is 7.71. The number of nitrogens with zero attached hydrogens (tertiary/aromatic N) is 3. The molecule has 2 aromatic carbocycles. The van der Waals surface area contributed by atoms with Gasteiger partial charge in [0.2, 0.25) is 0 Å². The third-order valence-electron chi connectivity index (χ3n) is 5.68. The van der Waals surface area contributed by atoms with E-state index in [2.05, 4.69) is 41.2 Å². The predicted octanol–water partition coefficient (Wildman–Crippen LogP) is 4.14. The number of carbonyl (C=O) groups excluding carboxylic acids is 1. The average molecular weight is 389 g/mol.